The third-order valence-electron chi connectivity index (χ3n) is 17.4. The number of rotatable bonds is 12. The summed E-state index contributed by atoms with van der Waals surface area (Å²) in [4.78, 5) is 62.4. The van der Waals surface area contributed by atoms with E-state index in [1.54, 1.807) is 31.3 Å². The highest BCUT2D eigenvalue weighted by atomic mass is 35.5. The number of ketones is 2. The van der Waals surface area contributed by atoms with Gasteiger partial charge in [-0.05, 0) is 148 Å². The van der Waals surface area contributed by atoms with E-state index < -0.39 is 17.1 Å². The van der Waals surface area contributed by atoms with E-state index in [9.17, 15) is 34.2 Å². The van der Waals surface area contributed by atoms with Crippen LogP contribution < -0.4 is 22.1 Å². The number of likely N-dealkylation sites (N-methyl/N-ethyl adjacent to an activating group) is 1. The average molecular weight is 868 g/mol. The fourth-order valence-electron chi connectivity index (χ4n) is 14.0. The second-order valence-electron chi connectivity index (χ2n) is 20.5. The Labute approximate surface area is 369 Å². The smallest absolute Gasteiger partial charge is 0.306 e. The molecule has 1 aromatic carbocycles. The number of carbonyl (C=O) groups excluding carboxylic acids is 4. The summed E-state index contributed by atoms with van der Waals surface area (Å²) in [5.41, 5.74) is 11.7. The van der Waals surface area contributed by atoms with Crippen LogP contribution in [-0.2, 0) is 19.2 Å². The first-order valence-corrected chi connectivity index (χ1v) is 23.4. The lowest BCUT2D eigenvalue weighted by Gasteiger charge is -2.67. The first kappa shape index (κ1) is 49.1. The van der Waals surface area contributed by atoms with Crippen LogP contribution in [0, 0.1) is 75.4 Å². The average Bonchev–Trinajstić information content (AvgIpc) is 3.53. The topological polar surface area (TPSA) is 202 Å². The van der Waals surface area contributed by atoms with Gasteiger partial charge in [0.2, 0.25) is 5.91 Å². The molecule has 13 unspecified atom stereocenters. The Morgan fingerprint density at radius 3 is 2.15 bits per heavy atom. The van der Waals surface area contributed by atoms with E-state index in [-0.39, 0.29) is 71.5 Å². The number of amides is 1. The fourth-order valence-corrected chi connectivity index (χ4v) is 14.1. The van der Waals surface area contributed by atoms with Gasteiger partial charge >= 0.3 is 5.97 Å². The minimum absolute atomic E-state index is 0.0167. The molecule has 61 heavy (non-hydrogen) atoms. The molecule has 1 amide bonds. The Hall–Kier alpha value is -2.96. The molecule has 5 saturated carbocycles. The number of benzene rings is 1. The van der Waals surface area contributed by atoms with Gasteiger partial charge in [0.05, 0.1) is 12.5 Å². The molecule has 0 heterocycles. The Balaban J connectivity index is 0.000000562. The van der Waals surface area contributed by atoms with E-state index in [0.717, 1.165) is 63.2 Å². The highest BCUT2D eigenvalue weighted by Crippen LogP contribution is 2.72. The van der Waals surface area contributed by atoms with Gasteiger partial charge in [0.1, 0.15) is 17.8 Å². The Kier molecular flexibility index (Phi) is 15.6. The lowest BCUT2D eigenvalue weighted by Crippen LogP contribution is -2.60. The normalized spacial score (nSPS) is 37.1. The zero-order valence-corrected chi connectivity index (χ0v) is 38.8. The molecule has 0 aromatic heterocycles. The van der Waals surface area contributed by atoms with Crippen LogP contribution in [0.5, 0.6) is 0 Å². The summed E-state index contributed by atoms with van der Waals surface area (Å²) < 4.78 is 0. The third kappa shape index (κ3) is 9.34. The predicted molar refractivity (Wildman–Crippen MR) is 239 cm³/mol. The van der Waals surface area contributed by atoms with Gasteiger partial charge < -0.3 is 27.0 Å². The van der Waals surface area contributed by atoms with E-state index >= 15 is 0 Å². The number of allylic oxidation sites excluding steroid dienone is 2. The number of carbonyl (C=O) groups is 5. The number of aldehydes is 1. The quantitative estimate of drug-likeness (QED) is 0.0921. The molecule has 7 rings (SSSR count). The lowest BCUT2D eigenvalue weighted by molar-refractivity contribution is -0.173. The van der Waals surface area contributed by atoms with Crippen molar-refractivity contribution in [2.75, 3.05) is 27.2 Å². The minimum atomic E-state index is -1.37. The number of nitrogens with two attached hydrogens (primary N) is 2. The molecule has 1 aromatic rings. The van der Waals surface area contributed by atoms with Gasteiger partial charge in [-0.2, -0.15) is 0 Å². The molecule has 340 valence electrons. The molecule has 13 atom stereocenters. The number of hydrogen-bond acceptors (Lipinski definition) is 9. The second kappa shape index (κ2) is 19.4. The van der Waals surface area contributed by atoms with Crippen LogP contribution >= 0.6 is 11.6 Å². The van der Waals surface area contributed by atoms with Gasteiger partial charge in [-0.1, -0.05) is 70.8 Å². The highest BCUT2D eigenvalue weighted by Gasteiger charge is 2.65. The van der Waals surface area contributed by atoms with Crippen molar-refractivity contribution < 1.29 is 34.2 Å². The van der Waals surface area contributed by atoms with Crippen molar-refractivity contribution in [2.24, 2.45) is 86.9 Å². The molecule has 11 nitrogen and oxygen atoms in total. The van der Waals surface area contributed by atoms with Crippen molar-refractivity contribution in [3.8, 4) is 0 Å². The van der Waals surface area contributed by atoms with Crippen molar-refractivity contribution in [3.05, 3.63) is 46.0 Å². The van der Waals surface area contributed by atoms with Crippen LogP contribution in [0.15, 0.2) is 35.4 Å². The summed E-state index contributed by atoms with van der Waals surface area (Å²) in [6, 6.07) is 6.72. The first-order valence-electron chi connectivity index (χ1n) is 23.0. The van der Waals surface area contributed by atoms with E-state index in [1.807, 2.05) is 6.92 Å². The molecule has 0 aliphatic heterocycles. The van der Waals surface area contributed by atoms with Crippen LogP contribution in [0.2, 0.25) is 5.02 Å². The predicted octanol–water partition coefficient (Wildman–Crippen LogP) is 7.22. The molecule has 0 radical (unpaired) electrons. The van der Waals surface area contributed by atoms with E-state index in [2.05, 4.69) is 51.0 Å². The van der Waals surface area contributed by atoms with Crippen LogP contribution in [0.25, 0.3) is 0 Å². The maximum absolute atomic E-state index is 13.8. The van der Waals surface area contributed by atoms with Gasteiger partial charge in [0.25, 0.3) is 0 Å². The Bertz CT molecular complexity index is 1810. The van der Waals surface area contributed by atoms with Crippen molar-refractivity contribution in [1.29, 1.82) is 0 Å². The molecule has 6 aliphatic carbocycles. The van der Waals surface area contributed by atoms with E-state index in [0.29, 0.717) is 65.4 Å². The molecular weight excluding hydrogens is 792 g/mol. The maximum Gasteiger partial charge on any atom is 0.306 e. The van der Waals surface area contributed by atoms with Gasteiger partial charge in [-0.15, -0.1) is 0 Å². The van der Waals surface area contributed by atoms with Crippen LogP contribution in [0.3, 0.4) is 0 Å². The Morgan fingerprint density at radius 1 is 0.951 bits per heavy atom. The van der Waals surface area contributed by atoms with Crippen LogP contribution in [-0.4, -0.2) is 72.9 Å². The molecule has 6 aliphatic rings. The molecule has 12 heteroatoms. The van der Waals surface area contributed by atoms with Crippen LogP contribution in [0.4, 0.5) is 0 Å². The SMILES string of the molecule is CN.CNC(O)(CN)CNC(=O)CC12CCC3C(CCC4C3(C)CCC3C(C)C(CC(=O)C5CC(C(=O)O)C5C)CCC34C)C1=C(C(C)C)C(=O)C2.O=Cc1ccc(Cl)cc1. The first-order chi connectivity index (χ1) is 28.8. The number of nitrogens with one attached hydrogen (secondary N) is 2. The Morgan fingerprint density at radius 2 is 1.57 bits per heavy atom. The molecular formula is C49H75ClN4O7. The summed E-state index contributed by atoms with van der Waals surface area (Å²) in [5.74, 6) is 1.97. The largest absolute Gasteiger partial charge is 0.481 e. The van der Waals surface area contributed by atoms with Crippen molar-refractivity contribution in [2.45, 2.75) is 124 Å². The summed E-state index contributed by atoms with van der Waals surface area (Å²) in [6.07, 6.45) is 11.2. The zero-order valence-electron chi connectivity index (χ0n) is 38.0. The van der Waals surface area contributed by atoms with Crippen LogP contribution in [0.1, 0.15) is 129 Å². The van der Waals surface area contributed by atoms with E-state index in [4.69, 9.17) is 17.3 Å². The van der Waals surface area contributed by atoms with Gasteiger partial charge in [0, 0.05) is 47.7 Å². The monoisotopic (exact) mass is 867 g/mol. The third-order valence-corrected chi connectivity index (χ3v) is 17.6. The summed E-state index contributed by atoms with van der Waals surface area (Å²) in [6.45, 7) is 13.7. The molecule has 8 N–H and O–H groups in total. The summed E-state index contributed by atoms with van der Waals surface area (Å²) in [7, 11) is 3.12. The zero-order chi connectivity index (χ0) is 45.2. The fraction of sp³-hybridized carbons (Fsp3) is 0.735. The summed E-state index contributed by atoms with van der Waals surface area (Å²) in [5, 5.41) is 26.5. The number of fused-ring (bicyclic) bond motifs is 7. The van der Waals surface area contributed by atoms with Crippen molar-refractivity contribution in [1.82, 2.24) is 10.6 Å². The minimum Gasteiger partial charge on any atom is -0.481 e. The number of aliphatic hydroxyl groups is 1. The van der Waals surface area contributed by atoms with Crippen molar-refractivity contribution >= 4 is 41.3 Å². The number of halogens is 1. The standard InChI is InChI=1S/C41H65N3O6.C7H5ClO.CH5N/c1-22(2)35-32(46)18-40(19-34(47)44-21-41(50,20-42)43-7)15-12-30-26(36(35)40)8-9-33-38(5)13-10-25(23(3)29(38)11-14-39(30,33)6)16-31(45)27-17-28(24(27)4)37(48)49;8-7-3-1-6(5-9)2-4-7;1-2/h22-30,33,43,50H,8-21,42H2,1-7H3,(H,44,47)(H,48,49);1-5H;2H2,1H3. The van der Waals surface area contributed by atoms with Crippen molar-refractivity contribution in [3.63, 3.8) is 0 Å². The number of aliphatic carboxylic acids is 1. The van der Waals surface area contributed by atoms with Gasteiger partial charge in [-0.25, -0.2) is 0 Å². The van der Waals surface area contributed by atoms with Gasteiger partial charge in [0.15, 0.2) is 5.78 Å². The number of hydrogen-bond donors (Lipinski definition) is 6. The molecule has 5 fully saturated rings. The maximum atomic E-state index is 13.8. The second-order valence-corrected chi connectivity index (χ2v) is 20.9. The van der Waals surface area contributed by atoms with E-state index in [1.165, 1.54) is 12.6 Å². The number of carboxylic acids is 1. The lowest BCUT2D eigenvalue weighted by atomic mass is 9.37. The molecule has 0 bridgehead atoms. The number of Topliss-reactive ketones (excluding diaryl/α,β-unsaturated/α-hetero) is 2. The summed E-state index contributed by atoms with van der Waals surface area (Å²) >= 11 is 5.55. The molecule has 0 spiro atoms. The highest BCUT2D eigenvalue weighted by molar-refractivity contribution is 6.30. The molecule has 0 saturated heterocycles. The number of carboxylic acid groups (broad SMARTS) is 1. The van der Waals surface area contributed by atoms with Gasteiger partial charge in [-0.3, -0.25) is 29.3 Å².